The van der Waals surface area contributed by atoms with Crippen molar-refractivity contribution < 1.29 is 16.8 Å². The van der Waals surface area contributed by atoms with E-state index in [4.69, 9.17) is 0 Å². The molecule has 0 heterocycles. The van der Waals surface area contributed by atoms with Crippen LogP contribution in [0.3, 0.4) is 0 Å². The molecule has 0 spiro atoms. The van der Waals surface area contributed by atoms with Crippen molar-refractivity contribution in [3.8, 4) is 0 Å². The van der Waals surface area contributed by atoms with Crippen molar-refractivity contribution in [3.63, 3.8) is 0 Å². The van der Waals surface area contributed by atoms with Crippen molar-refractivity contribution in [1.29, 1.82) is 0 Å². The van der Waals surface area contributed by atoms with Crippen LogP contribution in [0.1, 0.15) is 43.9 Å². The maximum Gasteiger partial charge on any atom is 0.242 e. The van der Waals surface area contributed by atoms with Gasteiger partial charge in [0.25, 0.3) is 0 Å². The summed E-state index contributed by atoms with van der Waals surface area (Å²) >= 11 is 0. The quantitative estimate of drug-likeness (QED) is 0.760. The minimum absolute atomic E-state index is 0.0654. The first kappa shape index (κ1) is 21.6. The van der Waals surface area contributed by atoms with E-state index in [1.165, 1.54) is 43.9 Å². The summed E-state index contributed by atoms with van der Waals surface area (Å²) in [5.74, 6) is 0.396. The van der Waals surface area contributed by atoms with Gasteiger partial charge >= 0.3 is 0 Å². The number of nitrogens with one attached hydrogen (secondary N) is 1. The van der Waals surface area contributed by atoms with Crippen LogP contribution in [0, 0.1) is 0 Å². The summed E-state index contributed by atoms with van der Waals surface area (Å²) in [6, 6.07) is 12.7. The first-order valence-corrected chi connectivity index (χ1v) is 11.5. The highest BCUT2D eigenvalue weighted by Gasteiger charge is 2.23. The first-order chi connectivity index (χ1) is 12.4. The van der Waals surface area contributed by atoms with Crippen molar-refractivity contribution >= 4 is 20.0 Å². The van der Waals surface area contributed by atoms with Crippen LogP contribution in [0.25, 0.3) is 0 Å². The van der Waals surface area contributed by atoms with Crippen molar-refractivity contribution in [2.45, 2.75) is 42.5 Å². The Morgan fingerprint density at radius 2 is 1.33 bits per heavy atom. The van der Waals surface area contributed by atoms with Gasteiger partial charge in [0.2, 0.25) is 20.0 Å². The fraction of sp³-hybridized carbons (Fsp3) is 0.368. The third-order valence-corrected chi connectivity index (χ3v) is 7.68. The summed E-state index contributed by atoms with van der Waals surface area (Å²) in [7, 11) is -4.79. The summed E-state index contributed by atoms with van der Waals surface area (Å²) in [5.41, 5.74) is 2.01. The van der Waals surface area contributed by atoms with Crippen molar-refractivity contribution in [3.05, 3.63) is 59.7 Å². The van der Waals surface area contributed by atoms with Gasteiger partial charge in [0, 0.05) is 20.1 Å². The van der Waals surface area contributed by atoms with Gasteiger partial charge < -0.3 is 0 Å². The smallest absolute Gasteiger partial charge is 0.207 e. The summed E-state index contributed by atoms with van der Waals surface area (Å²) in [5, 5.41) is 0. The molecule has 1 unspecified atom stereocenters. The molecule has 2 rings (SSSR count). The van der Waals surface area contributed by atoms with E-state index in [0.29, 0.717) is 5.92 Å². The molecule has 2 aromatic rings. The highest BCUT2D eigenvalue weighted by Crippen LogP contribution is 2.22. The Morgan fingerprint density at radius 1 is 0.815 bits per heavy atom. The van der Waals surface area contributed by atoms with Crippen LogP contribution in [0.15, 0.2) is 58.3 Å². The van der Waals surface area contributed by atoms with Crippen molar-refractivity contribution in [2.24, 2.45) is 0 Å². The summed E-state index contributed by atoms with van der Waals surface area (Å²) in [4.78, 5) is -0.152. The molecule has 0 fully saturated rings. The van der Waals surface area contributed by atoms with Crippen molar-refractivity contribution in [2.75, 3.05) is 14.1 Å². The zero-order valence-electron chi connectivity index (χ0n) is 16.2. The van der Waals surface area contributed by atoms with E-state index in [9.17, 15) is 16.8 Å². The normalized spacial score (nSPS) is 13.9. The Hall–Kier alpha value is -1.74. The topological polar surface area (TPSA) is 83.5 Å². The molecule has 0 amide bonds. The molecule has 0 bridgehead atoms. The van der Waals surface area contributed by atoms with Crippen LogP contribution in [-0.4, -0.2) is 35.2 Å². The highest BCUT2D eigenvalue weighted by atomic mass is 32.2. The number of hydrogen-bond acceptors (Lipinski definition) is 4. The Balaban J connectivity index is 2.28. The number of hydrogen-bond donors (Lipinski definition) is 1. The Morgan fingerprint density at radius 3 is 1.85 bits per heavy atom. The molecule has 1 atom stereocenters. The second kappa shape index (κ2) is 8.10. The third-order valence-electron chi connectivity index (χ3n) is 4.33. The molecular formula is C19H26N2O4S2. The molecule has 148 valence electrons. The van der Waals surface area contributed by atoms with Crippen LogP contribution in [0.5, 0.6) is 0 Å². The van der Waals surface area contributed by atoms with Gasteiger partial charge in [0.15, 0.2) is 0 Å². The zero-order valence-corrected chi connectivity index (χ0v) is 17.8. The van der Waals surface area contributed by atoms with E-state index in [2.05, 4.69) is 18.6 Å². The maximum absolute atomic E-state index is 12.7. The molecular weight excluding hydrogens is 384 g/mol. The van der Waals surface area contributed by atoms with E-state index in [1.807, 2.05) is 24.3 Å². The zero-order chi connectivity index (χ0) is 20.4. The number of nitrogens with zero attached hydrogens (tertiary/aromatic N) is 1. The van der Waals surface area contributed by atoms with Gasteiger partial charge in [-0.2, -0.15) is 0 Å². The number of benzene rings is 2. The molecule has 0 aliphatic carbocycles. The van der Waals surface area contributed by atoms with E-state index in [1.54, 1.807) is 6.92 Å². The molecule has 0 aliphatic heterocycles. The maximum atomic E-state index is 12.7. The molecule has 8 heteroatoms. The Bertz CT molecular complexity index is 996. The lowest BCUT2D eigenvalue weighted by molar-refractivity contribution is 0.520. The molecule has 2 aromatic carbocycles. The van der Waals surface area contributed by atoms with Crippen molar-refractivity contribution in [1.82, 2.24) is 9.03 Å². The first-order valence-electron chi connectivity index (χ1n) is 8.60. The fourth-order valence-electron chi connectivity index (χ4n) is 2.55. The Kier molecular flexibility index (Phi) is 6.47. The molecule has 0 radical (unpaired) electrons. The standard InChI is InChI=1S/C19H26N2O4S2/c1-14(2)16-9-11-17(12-10-16)15(3)20-26(22,23)18-7-6-8-19(13-18)27(24,25)21(4)5/h6-15,20H,1-5H3. The molecule has 27 heavy (non-hydrogen) atoms. The SMILES string of the molecule is CC(C)c1ccc(C(C)NS(=O)(=O)c2cccc(S(=O)(=O)N(C)C)c2)cc1. The van der Waals surface area contributed by atoms with E-state index < -0.39 is 26.1 Å². The number of sulfonamides is 2. The lowest BCUT2D eigenvalue weighted by Crippen LogP contribution is -2.27. The van der Waals surface area contributed by atoms with Gasteiger partial charge in [-0.05, 0) is 42.2 Å². The third kappa shape index (κ3) is 4.95. The van der Waals surface area contributed by atoms with Gasteiger partial charge in [0.1, 0.15) is 0 Å². The molecule has 0 aromatic heterocycles. The van der Waals surface area contributed by atoms with E-state index >= 15 is 0 Å². The fourth-order valence-corrected chi connectivity index (χ4v) is 4.85. The lowest BCUT2D eigenvalue weighted by Gasteiger charge is -2.17. The molecule has 1 N–H and O–H groups in total. The highest BCUT2D eigenvalue weighted by molar-refractivity contribution is 7.90. The molecule has 0 saturated carbocycles. The van der Waals surface area contributed by atoms with Crippen LogP contribution in [0.4, 0.5) is 0 Å². The van der Waals surface area contributed by atoms with E-state index in [-0.39, 0.29) is 9.79 Å². The summed E-state index contributed by atoms with van der Waals surface area (Å²) < 4.78 is 53.6. The predicted octanol–water partition coefficient (Wildman–Crippen LogP) is 3.10. The van der Waals surface area contributed by atoms with Crippen LogP contribution < -0.4 is 4.72 Å². The van der Waals surface area contributed by atoms with Crippen LogP contribution >= 0.6 is 0 Å². The largest absolute Gasteiger partial charge is 0.242 e. The van der Waals surface area contributed by atoms with Gasteiger partial charge in [-0.3, -0.25) is 0 Å². The minimum atomic E-state index is -3.88. The van der Waals surface area contributed by atoms with Gasteiger partial charge in [-0.1, -0.05) is 44.2 Å². The Labute approximate surface area is 162 Å². The van der Waals surface area contributed by atoms with Crippen LogP contribution in [0.2, 0.25) is 0 Å². The lowest BCUT2D eigenvalue weighted by atomic mass is 10.00. The predicted molar refractivity (Wildman–Crippen MR) is 107 cm³/mol. The molecule has 6 nitrogen and oxygen atoms in total. The average Bonchev–Trinajstić information content (AvgIpc) is 2.61. The number of rotatable bonds is 7. The minimum Gasteiger partial charge on any atom is -0.207 e. The molecule has 0 aliphatic rings. The second-order valence-electron chi connectivity index (χ2n) is 6.93. The average molecular weight is 411 g/mol. The van der Waals surface area contributed by atoms with Crippen LogP contribution in [-0.2, 0) is 20.0 Å². The van der Waals surface area contributed by atoms with Gasteiger partial charge in [0.05, 0.1) is 9.79 Å². The second-order valence-corrected chi connectivity index (χ2v) is 10.8. The monoisotopic (exact) mass is 410 g/mol. The van der Waals surface area contributed by atoms with Gasteiger partial charge in [-0.25, -0.2) is 25.9 Å². The summed E-state index contributed by atoms with van der Waals surface area (Å²) in [6.45, 7) is 5.94. The van der Waals surface area contributed by atoms with Gasteiger partial charge in [-0.15, -0.1) is 0 Å². The van der Waals surface area contributed by atoms with E-state index in [0.717, 1.165) is 9.87 Å². The summed E-state index contributed by atoms with van der Waals surface area (Å²) in [6.07, 6.45) is 0. The molecule has 0 saturated heterocycles.